The van der Waals surface area contributed by atoms with Gasteiger partial charge in [-0.3, -0.25) is 19.3 Å². The Labute approximate surface area is 269 Å². The van der Waals surface area contributed by atoms with Gasteiger partial charge in [-0.25, -0.2) is 9.78 Å². The van der Waals surface area contributed by atoms with Crippen LogP contribution in [0.25, 0.3) is 22.2 Å². The molecule has 1 saturated carbocycles. The lowest BCUT2D eigenvalue weighted by Crippen LogP contribution is -2.30. The molecule has 1 aliphatic carbocycles. The van der Waals surface area contributed by atoms with E-state index in [-0.39, 0.29) is 35.0 Å². The molecule has 230 valence electrons. The number of imide groups is 1. The van der Waals surface area contributed by atoms with Crippen molar-refractivity contribution >= 4 is 56.1 Å². The number of benzene rings is 3. The number of halogens is 1. The zero-order valence-electron chi connectivity index (χ0n) is 25.3. The van der Waals surface area contributed by atoms with Crippen molar-refractivity contribution < 1.29 is 28.7 Å². The number of ether oxygens (including phenoxy) is 2. The van der Waals surface area contributed by atoms with Crippen LogP contribution in [-0.2, 0) is 20.7 Å². The summed E-state index contributed by atoms with van der Waals surface area (Å²) >= 11 is 3.56. The predicted octanol–water partition coefficient (Wildman–Crippen LogP) is 7.34. The van der Waals surface area contributed by atoms with Gasteiger partial charge in [0.2, 0.25) is 17.6 Å². The first-order valence-corrected chi connectivity index (χ1v) is 16.0. The average Bonchev–Trinajstić information content (AvgIpc) is 3.32. The number of nitrogens with zero attached hydrogens (tertiary/aromatic N) is 2. The minimum atomic E-state index is -1.03. The van der Waals surface area contributed by atoms with E-state index in [4.69, 9.17) is 14.5 Å². The van der Waals surface area contributed by atoms with E-state index in [1.165, 1.54) is 4.90 Å². The summed E-state index contributed by atoms with van der Waals surface area (Å²) in [5.74, 6) is -1.06. The third-order valence-corrected chi connectivity index (χ3v) is 9.31. The fourth-order valence-electron chi connectivity index (χ4n) is 6.41. The minimum Gasteiger partial charge on any atom is -0.497 e. The van der Waals surface area contributed by atoms with Gasteiger partial charge in [0.25, 0.3) is 0 Å². The van der Waals surface area contributed by atoms with Gasteiger partial charge in [0.1, 0.15) is 5.75 Å². The Balaban J connectivity index is 1.33. The van der Waals surface area contributed by atoms with E-state index in [0.717, 1.165) is 35.7 Å². The van der Waals surface area contributed by atoms with Crippen molar-refractivity contribution in [1.29, 1.82) is 0 Å². The summed E-state index contributed by atoms with van der Waals surface area (Å²) in [6, 6.07) is 19.2. The summed E-state index contributed by atoms with van der Waals surface area (Å²) in [6.45, 7) is 3.57. The van der Waals surface area contributed by atoms with Crippen molar-refractivity contribution in [3.05, 3.63) is 87.9 Å². The van der Waals surface area contributed by atoms with Crippen LogP contribution in [0.2, 0.25) is 0 Å². The number of methoxy groups -OCH3 is 1. The molecule has 6 rings (SSSR count). The highest BCUT2D eigenvalue weighted by Crippen LogP contribution is 2.40. The summed E-state index contributed by atoms with van der Waals surface area (Å²) in [5, 5.41) is 0.603. The number of Topliss-reactive ketones (excluding diaryl/α,β-unsaturated/α-hetero) is 1. The monoisotopic (exact) mass is 668 g/mol. The Morgan fingerprint density at radius 1 is 0.956 bits per heavy atom. The molecule has 9 heteroatoms. The molecule has 3 unspecified atom stereocenters. The number of fused-ring (bicyclic) bond motifs is 2. The number of rotatable bonds is 8. The molecule has 0 radical (unpaired) electrons. The number of ketones is 1. The molecule has 2 fully saturated rings. The molecule has 1 aliphatic heterocycles. The Bertz CT molecular complexity index is 1790. The van der Waals surface area contributed by atoms with Gasteiger partial charge in [0.05, 0.1) is 41.4 Å². The summed E-state index contributed by atoms with van der Waals surface area (Å²) < 4.78 is 11.7. The van der Waals surface area contributed by atoms with E-state index < -0.39 is 12.1 Å². The number of carbonyl (C=O) groups is 4. The number of hydrogen-bond donors (Lipinski definition) is 0. The highest BCUT2D eigenvalue weighted by molar-refractivity contribution is 9.10. The van der Waals surface area contributed by atoms with E-state index in [2.05, 4.69) is 15.9 Å². The highest BCUT2D eigenvalue weighted by Gasteiger charge is 2.48. The third kappa shape index (κ3) is 5.77. The average molecular weight is 670 g/mol. The number of carbonyl (C=O) groups excluding carboxylic acids is 4. The van der Waals surface area contributed by atoms with Crippen LogP contribution in [0.1, 0.15) is 65.8 Å². The van der Waals surface area contributed by atoms with E-state index in [9.17, 15) is 19.2 Å². The molecule has 3 atom stereocenters. The largest absolute Gasteiger partial charge is 0.497 e. The van der Waals surface area contributed by atoms with E-state index in [1.807, 2.05) is 19.1 Å². The van der Waals surface area contributed by atoms with Gasteiger partial charge in [0.15, 0.2) is 6.10 Å². The number of hydrogen-bond acceptors (Lipinski definition) is 7. The summed E-state index contributed by atoms with van der Waals surface area (Å²) in [5.41, 5.74) is 4.04. The maximum absolute atomic E-state index is 13.7. The van der Waals surface area contributed by atoms with Crippen molar-refractivity contribution in [3.63, 3.8) is 0 Å². The Kier molecular flexibility index (Phi) is 8.55. The Hall–Kier alpha value is -4.37. The number of amides is 2. The molecule has 3 aromatic carbocycles. The van der Waals surface area contributed by atoms with Gasteiger partial charge in [0, 0.05) is 21.0 Å². The van der Waals surface area contributed by atoms with Crippen LogP contribution in [0, 0.1) is 11.8 Å². The molecule has 45 heavy (non-hydrogen) atoms. The van der Waals surface area contributed by atoms with Crippen LogP contribution in [0.4, 0.5) is 5.69 Å². The standard InChI is InChI=1S/C36H33BrN2O6/c1-4-21-17-24(37)18-29-30(36(43)45-20(2)33(40)23-11-15-26(44-3)16-12-23)19-31(38-32(21)29)22-9-13-25(14-10-22)39-34(41)27-7-5-6-8-28(27)35(39)42/h9-20,27-28H,4-8H2,1-3H3. The van der Waals surface area contributed by atoms with Crippen LogP contribution >= 0.6 is 15.9 Å². The van der Waals surface area contributed by atoms with Crippen LogP contribution < -0.4 is 9.64 Å². The number of pyridine rings is 1. The van der Waals surface area contributed by atoms with Crippen LogP contribution in [-0.4, -0.2) is 41.8 Å². The molecule has 1 saturated heterocycles. The van der Waals surface area contributed by atoms with Crippen molar-refractivity contribution in [3.8, 4) is 17.0 Å². The van der Waals surface area contributed by atoms with Crippen molar-refractivity contribution in [2.75, 3.05) is 12.0 Å². The number of aromatic nitrogens is 1. The lowest BCUT2D eigenvalue weighted by molar-refractivity contribution is -0.122. The van der Waals surface area contributed by atoms with Crippen molar-refractivity contribution in [2.45, 2.75) is 52.1 Å². The smallest absolute Gasteiger partial charge is 0.339 e. The molecule has 2 amide bonds. The first-order chi connectivity index (χ1) is 21.7. The van der Waals surface area contributed by atoms with E-state index >= 15 is 0 Å². The lowest BCUT2D eigenvalue weighted by Gasteiger charge is -2.19. The Morgan fingerprint density at radius 3 is 2.20 bits per heavy atom. The van der Waals surface area contributed by atoms with Crippen LogP contribution in [0.3, 0.4) is 0 Å². The molecular formula is C36H33BrN2O6. The zero-order chi connectivity index (χ0) is 31.8. The van der Waals surface area contributed by atoms with E-state index in [0.29, 0.717) is 45.6 Å². The number of esters is 1. The fraction of sp³-hybridized carbons (Fsp3) is 0.306. The van der Waals surface area contributed by atoms with Gasteiger partial charge in [-0.15, -0.1) is 0 Å². The topological polar surface area (TPSA) is 103 Å². The second kappa shape index (κ2) is 12.6. The summed E-state index contributed by atoms with van der Waals surface area (Å²) in [6.07, 6.45) is 3.09. The maximum atomic E-state index is 13.7. The molecular weight excluding hydrogens is 636 g/mol. The molecule has 0 spiro atoms. The molecule has 0 N–H and O–H groups in total. The first-order valence-electron chi connectivity index (χ1n) is 15.2. The summed E-state index contributed by atoms with van der Waals surface area (Å²) in [7, 11) is 1.55. The SMILES string of the molecule is CCc1cc(Br)cc2c(C(=O)OC(C)C(=O)c3ccc(OC)cc3)cc(-c3ccc(N4C(=O)C5CCCCC5C4=O)cc3)nc12. The molecule has 1 aromatic heterocycles. The predicted molar refractivity (Wildman–Crippen MR) is 174 cm³/mol. The van der Waals surface area contributed by atoms with Gasteiger partial charge >= 0.3 is 5.97 Å². The normalized spacial score (nSPS) is 18.5. The molecule has 8 nitrogen and oxygen atoms in total. The van der Waals surface area contributed by atoms with Crippen molar-refractivity contribution in [2.24, 2.45) is 11.8 Å². The quantitative estimate of drug-likeness (QED) is 0.110. The first kappa shape index (κ1) is 30.6. The lowest BCUT2D eigenvalue weighted by atomic mass is 9.81. The Morgan fingerprint density at radius 2 is 1.60 bits per heavy atom. The number of aryl methyl sites for hydroxylation is 1. The highest BCUT2D eigenvalue weighted by atomic mass is 79.9. The number of anilines is 1. The third-order valence-electron chi connectivity index (χ3n) is 8.85. The second-order valence-electron chi connectivity index (χ2n) is 11.6. The molecule has 0 bridgehead atoms. The molecule has 4 aromatic rings. The van der Waals surface area contributed by atoms with Gasteiger partial charge in [-0.05, 0) is 86.3 Å². The van der Waals surface area contributed by atoms with Gasteiger partial charge in [-0.2, -0.15) is 0 Å². The van der Waals surface area contributed by atoms with Crippen LogP contribution in [0.5, 0.6) is 5.75 Å². The van der Waals surface area contributed by atoms with Crippen molar-refractivity contribution in [1.82, 2.24) is 4.98 Å². The van der Waals surface area contributed by atoms with E-state index in [1.54, 1.807) is 68.6 Å². The summed E-state index contributed by atoms with van der Waals surface area (Å²) in [4.78, 5) is 59.3. The minimum absolute atomic E-state index is 0.122. The zero-order valence-corrected chi connectivity index (χ0v) is 26.9. The maximum Gasteiger partial charge on any atom is 0.339 e. The second-order valence-corrected chi connectivity index (χ2v) is 12.5. The molecule has 2 heterocycles. The fourth-order valence-corrected chi connectivity index (χ4v) is 6.92. The van der Waals surface area contributed by atoms with Gasteiger partial charge in [-0.1, -0.05) is 47.8 Å². The molecule has 2 aliphatic rings. The van der Waals surface area contributed by atoms with Crippen LogP contribution in [0.15, 0.2) is 71.2 Å². The van der Waals surface area contributed by atoms with Gasteiger partial charge < -0.3 is 9.47 Å².